The van der Waals surface area contributed by atoms with E-state index < -0.39 is 0 Å². The fourth-order valence-electron chi connectivity index (χ4n) is 3.90. The van der Waals surface area contributed by atoms with Gasteiger partial charge in [-0.25, -0.2) is 0 Å². The molecule has 3 unspecified atom stereocenters. The van der Waals surface area contributed by atoms with Crippen molar-refractivity contribution in [1.82, 2.24) is 0 Å². The molecule has 0 aromatic heterocycles. The van der Waals surface area contributed by atoms with Gasteiger partial charge in [0.2, 0.25) is 0 Å². The molecule has 1 aliphatic carbocycles. The molecule has 2 aromatic carbocycles. The molecule has 2 aromatic rings. The third kappa shape index (κ3) is 2.24. The minimum absolute atomic E-state index is 0.0458. The lowest BCUT2D eigenvalue weighted by Crippen LogP contribution is -2.29. The molecule has 3 atom stereocenters. The van der Waals surface area contributed by atoms with E-state index >= 15 is 0 Å². The van der Waals surface area contributed by atoms with Crippen LogP contribution in [0.5, 0.6) is 5.75 Å². The number of anilines is 1. The molecule has 0 saturated carbocycles. The van der Waals surface area contributed by atoms with Crippen LogP contribution in [0.3, 0.4) is 0 Å². The van der Waals surface area contributed by atoms with Crippen molar-refractivity contribution in [2.24, 2.45) is 5.92 Å². The second kappa shape index (κ2) is 5.67. The molecule has 4 rings (SSSR count). The molecule has 1 aliphatic heterocycles. The normalized spacial score (nSPS) is 24.0. The zero-order valence-electron chi connectivity index (χ0n) is 13.3. The Morgan fingerprint density at radius 3 is 2.71 bits per heavy atom. The van der Waals surface area contributed by atoms with E-state index in [2.05, 4.69) is 17.5 Å². The van der Waals surface area contributed by atoms with Gasteiger partial charge in [-0.1, -0.05) is 36.4 Å². The van der Waals surface area contributed by atoms with Gasteiger partial charge in [0.25, 0.3) is 5.69 Å². The number of methoxy groups -OCH3 is 1. The molecule has 5 heteroatoms. The minimum Gasteiger partial charge on any atom is -0.497 e. The SMILES string of the molecule is COc1ccc(C2Nc3c(cccc3[N+](=O)[O-])C3C=CCC32)cc1. The van der Waals surface area contributed by atoms with Crippen molar-refractivity contribution in [1.29, 1.82) is 0 Å². The Morgan fingerprint density at radius 2 is 2.00 bits per heavy atom. The molecule has 0 saturated heterocycles. The van der Waals surface area contributed by atoms with Crippen molar-refractivity contribution in [3.63, 3.8) is 0 Å². The number of nitro groups is 1. The lowest BCUT2D eigenvalue weighted by molar-refractivity contribution is -0.384. The van der Waals surface area contributed by atoms with Crippen molar-refractivity contribution in [3.05, 3.63) is 75.9 Å². The van der Waals surface area contributed by atoms with Gasteiger partial charge in [-0.3, -0.25) is 10.1 Å². The van der Waals surface area contributed by atoms with E-state index in [4.69, 9.17) is 4.74 Å². The van der Waals surface area contributed by atoms with Crippen molar-refractivity contribution in [2.45, 2.75) is 18.4 Å². The second-order valence-corrected chi connectivity index (χ2v) is 6.25. The Kier molecular flexibility index (Phi) is 3.49. The number of nitrogens with one attached hydrogen (secondary N) is 1. The van der Waals surface area contributed by atoms with Crippen LogP contribution in [0.15, 0.2) is 54.6 Å². The van der Waals surface area contributed by atoms with Crippen LogP contribution >= 0.6 is 0 Å². The highest BCUT2D eigenvalue weighted by atomic mass is 16.6. The summed E-state index contributed by atoms with van der Waals surface area (Å²) in [5.41, 5.74) is 2.94. The number of hydrogen-bond donors (Lipinski definition) is 1. The Bertz CT molecular complexity index is 814. The summed E-state index contributed by atoms with van der Waals surface area (Å²) in [6.45, 7) is 0. The third-order valence-corrected chi connectivity index (χ3v) is 5.05. The van der Waals surface area contributed by atoms with E-state index in [1.807, 2.05) is 30.3 Å². The summed E-state index contributed by atoms with van der Waals surface area (Å²) in [5, 5.41) is 14.9. The lowest BCUT2D eigenvalue weighted by atomic mass is 9.77. The summed E-state index contributed by atoms with van der Waals surface area (Å²) >= 11 is 0. The fourth-order valence-corrected chi connectivity index (χ4v) is 3.90. The van der Waals surface area contributed by atoms with Gasteiger partial charge in [-0.05, 0) is 35.6 Å². The first kappa shape index (κ1) is 14.8. The first-order valence-electron chi connectivity index (χ1n) is 8.03. The molecule has 122 valence electrons. The number of fused-ring (bicyclic) bond motifs is 3. The Hall–Kier alpha value is -2.82. The quantitative estimate of drug-likeness (QED) is 0.516. The van der Waals surface area contributed by atoms with Crippen LogP contribution < -0.4 is 10.1 Å². The zero-order valence-corrected chi connectivity index (χ0v) is 13.3. The van der Waals surface area contributed by atoms with Crippen LogP contribution in [0.1, 0.15) is 29.5 Å². The van der Waals surface area contributed by atoms with Gasteiger partial charge < -0.3 is 10.1 Å². The number of nitro benzene ring substituents is 1. The summed E-state index contributed by atoms with van der Waals surface area (Å²) < 4.78 is 5.23. The maximum Gasteiger partial charge on any atom is 0.292 e. The van der Waals surface area contributed by atoms with Gasteiger partial charge in [0.15, 0.2) is 0 Å². The average molecular weight is 322 g/mol. The Morgan fingerprint density at radius 1 is 1.21 bits per heavy atom. The van der Waals surface area contributed by atoms with Crippen LogP contribution in [0.2, 0.25) is 0 Å². The third-order valence-electron chi connectivity index (χ3n) is 5.05. The molecular weight excluding hydrogens is 304 g/mol. The van der Waals surface area contributed by atoms with Crippen LogP contribution in [0.4, 0.5) is 11.4 Å². The Labute approximate surface area is 140 Å². The predicted octanol–water partition coefficient (Wildman–Crippen LogP) is 4.43. The molecule has 1 heterocycles. The molecule has 5 nitrogen and oxygen atoms in total. The standard InChI is InChI=1S/C19H18N2O3/c1-24-13-10-8-12(9-11-13)18-15-5-2-4-14(15)16-6-3-7-17(21(22)23)19(16)20-18/h2-4,6-11,14-15,18,20H,5H2,1H3. The van der Waals surface area contributed by atoms with Gasteiger partial charge in [0.1, 0.15) is 11.4 Å². The number of rotatable bonds is 3. The molecule has 0 bridgehead atoms. The van der Waals surface area contributed by atoms with E-state index in [0.717, 1.165) is 23.3 Å². The molecule has 0 amide bonds. The Balaban J connectivity index is 1.79. The van der Waals surface area contributed by atoms with Gasteiger partial charge in [-0.15, -0.1) is 0 Å². The van der Waals surface area contributed by atoms with Crippen LogP contribution in [0.25, 0.3) is 0 Å². The van der Waals surface area contributed by atoms with E-state index in [1.165, 1.54) is 0 Å². The molecule has 0 radical (unpaired) electrons. The van der Waals surface area contributed by atoms with Crippen LogP contribution in [0, 0.1) is 16.0 Å². The first-order chi connectivity index (χ1) is 11.7. The monoisotopic (exact) mass is 322 g/mol. The average Bonchev–Trinajstić information content (AvgIpc) is 3.10. The number of benzene rings is 2. The molecule has 0 fully saturated rings. The van der Waals surface area contributed by atoms with E-state index in [0.29, 0.717) is 11.6 Å². The number of para-hydroxylation sites is 1. The van der Waals surface area contributed by atoms with Gasteiger partial charge in [-0.2, -0.15) is 0 Å². The number of nitrogens with zero attached hydrogens (tertiary/aromatic N) is 1. The largest absolute Gasteiger partial charge is 0.497 e. The van der Waals surface area contributed by atoms with Crippen LogP contribution in [-0.2, 0) is 0 Å². The summed E-state index contributed by atoms with van der Waals surface area (Å²) in [4.78, 5) is 11.1. The van der Waals surface area contributed by atoms with Crippen molar-refractivity contribution in [3.8, 4) is 5.75 Å². The summed E-state index contributed by atoms with van der Waals surface area (Å²) in [6.07, 6.45) is 5.34. The number of allylic oxidation sites excluding steroid dienone is 2. The maximum atomic E-state index is 11.4. The van der Waals surface area contributed by atoms with Crippen molar-refractivity contribution >= 4 is 11.4 Å². The number of hydrogen-bond acceptors (Lipinski definition) is 4. The van der Waals surface area contributed by atoms with Gasteiger partial charge in [0, 0.05) is 12.0 Å². The van der Waals surface area contributed by atoms with E-state index in [-0.39, 0.29) is 22.6 Å². The first-order valence-corrected chi connectivity index (χ1v) is 8.03. The summed E-state index contributed by atoms with van der Waals surface area (Å²) in [7, 11) is 1.64. The summed E-state index contributed by atoms with van der Waals surface area (Å²) in [5.74, 6) is 1.39. The van der Waals surface area contributed by atoms with Crippen LogP contribution in [-0.4, -0.2) is 12.0 Å². The molecule has 1 N–H and O–H groups in total. The number of ether oxygens (including phenoxy) is 1. The zero-order chi connectivity index (χ0) is 16.7. The van der Waals surface area contributed by atoms with Gasteiger partial charge >= 0.3 is 0 Å². The highest BCUT2D eigenvalue weighted by Gasteiger charge is 2.40. The van der Waals surface area contributed by atoms with Crippen molar-refractivity contribution in [2.75, 3.05) is 12.4 Å². The highest BCUT2D eigenvalue weighted by Crippen LogP contribution is 2.51. The maximum absolute atomic E-state index is 11.4. The van der Waals surface area contributed by atoms with Crippen molar-refractivity contribution < 1.29 is 9.66 Å². The minimum atomic E-state index is -0.310. The fraction of sp³-hybridized carbons (Fsp3) is 0.263. The summed E-state index contributed by atoms with van der Waals surface area (Å²) in [6, 6.07) is 13.3. The van der Waals surface area contributed by atoms with E-state index in [1.54, 1.807) is 19.2 Å². The molecule has 0 spiro atoms. The molecular formula is C19H18N2O3. The highest BCUT2D eigenvalue weighted by molar-refractivity contribution is 5.71. The molecule has 24 heavy (non-hydrogen) atoms. The second-order valence-electron chi connectivity index (χ2n) is 6.25. The predicted molar refractivity (Wildman–Crippen MR) is 92.4 cm³/mol. The lowest BCUT2D eigenvalue weighted by Gasteiger charge is -2.37. The van der Waals surface area contributed by atoms with E-state index in [9.17, 15) is 10.1 Å². The van der Waals surface area contributed by atoms with Gasteiger partial charge in [0.05, 0.1) is 18.1 Å². The topological polar surface area (TPSA) is 64.4 Å². The smallest absolute Gasteiger partial charge is 0.292 e. The molecule has 2 aliphatic rings.